The standard InChI is InChI=1S/C18H14BrN5O2/c19-12-1-3-16-14(8-12)18(26)24(10-20-16)6-5-17(25)22-13-2-4-15-11(7-13)9-21-23-15/h1-4,7-10H,5-6H2,(H,21,23)(H,22,25). The Kier molecular flexibility index (Phi) is 4.26. The Balaban J connectivity index is 1.48. The van der Waals surface area contributed by atoms with E-state index >= 15 is 0 Å². The number of benzene rings is 2. The molecule has 0 saturated carbocycles. The number of carbonyl (C=O) groups is 1. The lowest BCUT2D eigenvalue weighted by molar-refractivity contribution is -0.116. The second kappa shape index (κ2) is 6.72. The van der Waals surface area contributed by atoms with Crippen LogP contribution in [0, 0.1) is 0 Å². The van der Waals surface area contributed by atoms with Crippen LogP contribution in [0.5, 0.6) is 0 Å². The summed E-state index contributed by atoms with van der Waals surface area (Å²) in [6, 6.07) is 10.9. The molecule has 4 rings (SSSR count). The summed E-state index contributed by atoms with van der Waals surface area (Å²) in [5.41, 5.74) is 2.07. The van der Waals surface area contributed by atoms with Gasteiger partial charge in [-0.2, -0.15) is 5.10 Å². The van der Waals surface area contributed by atoms with E-state index in [1.165, 1.54) is 10.9 Å². The molecule has 0 aliphatic rings. The van der Waals surface area contributed by atoms with Gasteiger partial charge in [-0.3, -0.25) is 19.3 Å². The average Bonchev–Trinajstić information content (AvgIpc) is 3.09. The van der Waals surface area contributed by atoms with E-state index in [4.69, 9.17) is 0 Å². The molecule has 0 fully saturated rings. The number of rotatable bonds is 4. The van der Waals surface area contributed by atoms with Crippen LogP contribution in [-0.4, -0.2) is 25.7 Å². The fraction of sp³-hybridized carbons (Fsp3) is 0.111. The van der Waals surface area contributed by atoms with Crippen molar-refractivity contribution in [1.82, 2.24) is 19.7 Å². The molecule has 26 heavy (non-hydrogen) atoms. The normalized spacial score (nSPS) is 11.1. The average molecular weight is 412 g/mol. The van der Waals surface area contributed by atoms with Gasteiger partial charge in [0.25, 0.3) is 5.56 Å². The SMILES string of the molecule is O=C(CCn1cnc2ccc(Br)cc2c1=O)Nc1ccc2[nH]ncc2c1. The van der Waals surface area contributed by atoms with Gasteiger partial charge < -0.3 is 5.32 Å². The molecule has 0 aliphatic carbocycles. The van der Waals surface area contributed by atoms with Crippen molar-refractivity contribution >= 4 is 49.3 Å². The summed E-state index contributed by atoms with van der Waals surface area (Å²) in [6.07, 6.45) is 3.34. The maximum absolute atomic E-state index is 12.5. The zero-order chi connectivity index (χ0) is 18.1. The Bertz CT molecular complexity index is 1180. The van der Waals surface area contributed by atoms with Gasteiger partial charge in [0.15, 0.2) is 0 Å². The van der Waals surface area contributed by atoms with Crippen molar-refractivity contribution in [3.8, 4) is 0 Å². The summed E-state index contributed by atoms with van der Waals surface area (Å²) in [7, 11) is 0. The van der Waals surface area contributed by atoms with Crippen molar-refractivity contribution in [1.29, 1.82) is 0 Å². The summed E-state index contributed by atoms with van der Waals surface area (Å²) in [4.78, 5) is 29.0. The zero-order valence-corrected chi connectivity index (χ0v) is 15.2. The summed E-state index contributed by atoms with van der Waals surface area (Å²) < 4.78 is 2.27. The first kappa shape index (κ1) is 16.5. The van der Waals surface area contributed by atoms with Crippen molar-refractivity contribution in [3.63, 3.8) is 0 Å². The third-order valence-electron chi connectivity index (χ3n) is 4.09. The van der Waals surface area contributed by atoms with Gasteiger partial charge in [0.05, 0.1) is 28.9 Å². The number of nitrogens with one attached hydrogen (secondary N) is 2. The molecule has 0 bridgehead atoms. The van der Waals surface area contributed by atoms with Crippen LogP contribution in [0.25, 0.3) is 21.8 Å². The van der Waals surface area contributed by atoms with Gasteiger partial charge in [-0.15, -0.1) is 0 Å². The van der Waals surface area contributed by atoms with Crippen LogP contribution in [0.4, 0.5) is 5.69 Å². The lowest BCUT2D eigenvalue weighted by Crippen LogP contribution is -2.23. The molecule has 1 amide bonds. The molecule has 0 unspecified atom stereocenters. The Labute approximate surface area is 156 Å². The number of anilines is 1. The van der Waals surface area contributed by atoms with Crippen LogP contribution in [0.1, 0.15) is 6.42 Å². The molecule has 0 radical (unpaired) electrons. The zero-order valence-electron chi connectivity index (χ0n) is 13.6. The monoisotopic (exact) mass is 411 g/mol. The highest BCUT2D eigenvalue weighted by molar-refractivity contribution is 9.10. The smallest absolute Gasteiger partial charge is 0.261 e. The van der Waals surface area contributed by atoms with Gasteiger partial charge >= 0.3 is 0 Å². The molecule has 8 heteroatoms. The number of aromatic amines is 1. The number of nitrogens with zero attached hydrogens (tertiary/aromatic N) is 3. The number of fused-ring (bicyclic) bond motifs is 2. The van der Waals surface area contributed by atoms with E-state index in [1.807, 2.05) is 18.2 Å². The van der Waals surface area contributed by atoms with Crippen LogP contribution in [0.2, 0.25) is 0 Å². The van der Waals surface area contributed by atoms with Crippen molar-refractivity contribution in [2.75, 3.05) is 5.32 Å². The van der Waals surface area contributed by atoms with Crippen LogP contribution >= 0.6 is 15.9 Å². The third-order valence-corrected chi connectivity index (χ3v) is 4.58. The van der Waals surface area contributed by atoms with Crippen molar-refractivity contribution < 1.29 is 4.79 Å². The van der Waals surface area contributed by atoms with E-state index in [0.717, 1.165) is 15.4 Å². The Hall–Kier alpha value is -3.00. The van der Waals surface area contributed by atoms with Gasteiger partial charge in [0.2, 0.25) is 5.91 Å². The highest BCUT2D eigenvalue weighted by atomic mass is 79.9. The first-order chi connectivity index (χ1) is 12.6. The molecule has 4 aromatic rings. The second-order valence-electron chi connectivity index (χ2n) is 5.87. The maximum Gasteiger partial charge on any atom is 0.261 e. The minimum atomic E-state index is -0.172. The van der Waals surface area contributed by atoms with Crippen LogP contribution in [-0.2, 0) is 11.3 Å². The molecule has 0 aliphatic heterocycles. The molecule has 0 atom stereocenters. The number of aryl methyl sites for hydroxylation is 1. The Morgan fingerprint density at radius 1 is 1.23 bits per heavy atom. The largest absolute Gasteiger partial charge is 0.326 e. The molecule has 0 spiro atoms. The van der Waals surface area contributed by atoms with Crippen molar-refractivity contribution in [2.45, 2.75) is 13.0 Å². The first-order valence-corrected chi connectivity index (χ1v) is 8.77. The predicted molar refractivity (Wildman–Crippen MR) is 103 cm³/mol. The molecule has 7 nitrogen and oxygen atoms in total. The number of H-pyrrole nitrogens is 1. The minimum absolute atomic E-state index is 0.163. The second-order valence-corrected chi connectivity index (χ2v) is 6.79. The fourth-order valence-corrected chi connectivity index (χ4v) is 3.12. The molecule has 130 valence electrons. The summed E-state index contributed by atoms with van der Waals surface area (Å²) in [6.45, 7) is 0.258. The van der Waals surface area contributed by atoms with Crippen LogP contribution < -0.4 is 10.9 Å². The summed E-state index contributed by atoms with van der Waals surface area (Å²) >= 11 is 3.36. The van der Waals surface area contributed by atoms with Gasteiger partial charge in [-0.25, -0.2) is 4.98 Å². The Morgan fingerprint density at radius 2 is 2.12 bits per heavy atom. The molecule has 0 saturated heterocycles. The van der Waals surface area contributed by atoms with Crippen molar-refractivity contribution in [2.24, 2.45) is 0 Å². The number of carbonyl (C=O) groups excluding carboxylic acids is 1. The number of aromatic nitrogens is 4. The molecular formula is C18H14BrN5O2. The molecule has 2 aromatic heterocycles. The number of halogens is 1. The van der Waals surface area contributed by atoms with Gasteiger partial charge in [-0.05, 0) is 36.4 Å². The van der Waals surface area contributed by atoms with Crippen LogP contribution in [0.15, 0.2) is 58.2 Å². The van der Waals surface area contributed by atoms with E-state index in [9.17, 15) is 9.59 Å². The van der Waals surface area contributed by atoms with Crippen molar-refractivity contribution in [3.05, 3.63) is 63.7 Å². The summed E-state index contributed by atoms with van der Waals surface area (Å²) in [5.74, 6) is -0.172. The highest BCUT2D eigenvalue weighted by Gasteiger charge is 2.08. The Morgan fingerprint density at radius 3 is 3.00 bits per heavy atom. The van der Waals surface area contributed by atoms with Gasteiger partial charge in [0, 0.05) is 28.5 Å². The number of hydrogen-bond donors (Lipinski definition) is 2. The molecule has 2 heterocycles. The minimum Gasteiger partial charge on any atom is -0.326 e. The highest BCUT2D eigenvalue weighted by Crippen LogP contribution is 2.17. The first-order valence-electron chi connectivity index (χ1n) is 7.98. The maximum atomic E-state index is 12.5. The molecule has 2 aromatic carbocycles. The van der Waals surface area contributed by atoms with E-state index in [1.54, 1.807) is 24.4 Å². The molecule has 2 N–H and O–H groups in total. The lowest BCUT2D eigenvalue weighted by atomic mass is 10.2. The topological polar surface area (TPSA) is 92.7 Å². The predicted octanol–water partition coefficient (Wildman–Crippen LogP) is 3.06. The number of amides is 1. The third kappa shape index (κ3) is 3.23. The van der Waals surface area contributed by atoms with Gasteiger partial charge in [0.1, 0.15) is 0 Å². The quantitative estimate of drug-likeness (QED) is 0.539. The van der Waals surface area contributed by atoms with E-state index in [-0.39, 0.29) is 24.4 Å². The fourth-order valence-electron chi connectivity index (χ4n) is 2.76. The van der Waals surface area contributed by atoms with E-state index < -0.39 is 0 Å². The summed E-state index contributed by atoms with van der Waals surface area (Å²) in [5, 5.41) is 11.1. The van der Waals surface area contributed by atoms with E-state index in [2.05, 4.69) is 36.4 Å². The number of hydrogen-bond acceptors (Lipinski definition) is 4. The molecular weight excluding hydrogens is 398 g/mol. The van der Waals surface area contributed by atoms with E-state index in [0.29, 0.717) is 16.6 Å². The van der Waals surface area contributed by atoms with Crippen LogP contribution in [0.3, 0.4) is 0 Å². The lowest BCUT2D eigenvalue weighted by Gasteiger charge is -2.08. The van der Waals surface area contributed by atoms with Gasteiger partial charge in [-0.1, -0.05) is 15.9 Å².